The average Bonchev–Trinajstić information content (AvgIpc) is 2.54. The molecule has 1 nitrogen and oxygen atoms in total. The zero-order chi connectivity index (χ0) is 15.4. The molecule has 23 heavy (non-hydrogen) atoms. The normalized spacial score (nSPS) is 39.0. The minimum absolute atomic E-state index is 0.522. The third-order valence-electron chi connectivity index (χ3n) is 7.35. The fraction of sp³-hybridized carbons (Fsp3) is 0.714. The van der Waals surface area contributed by atoms with Gasteiger partial charge in [-0.1, -0.05) is 18.2 Å². The smallest absolute Gasteiger partial charge is 0.0477 e. The van der Waals surface area contributed by atoms with E-state index in [4.69, 9.17) is 0 Å². The molecule has 1 heterocycles. The standard InChI is InChI=1S/C21H30NP/c23-19-6-4-5-18(20(19)22-7-2-1-3-8-22)21-12-15-9-16(13-21)11-17(10-15)14-21/h4-6,15-17H,1-3,7-14,23H2. The molecule has 0 radical (unpaired) electrons. The zero-order valence-corrected chi connectivity index (χ0v) is 15.4. The summed E-state index contributed by atoms with van der Waals surface area (Å²) in [5.41, 5.74) is 3.86. The van der Waals surface area contributed by atoms with Gasteiger partial charge in [0.05, 0.1) is 0 Å². The largest absolute Gasteiger partial charge is 0.371 e. The van der Waals surface area contributed by atoms with E-state index in [1.54, 1.807) is 11.3 Å². The number of anilines is 1. The molecule has 0 amide bonds. The van der Waals surface area contributed by atoms with Crippen molar-refractivity contribution in [1.82, 2.24) is 0 Å². The number of para-hydroxylation sites is 1. The van der Waals surface area contributed by atoms with Crippen LogP contribution >= 0.6 is 9.24 Å². The molecule has 0 aromatic heterocycles. The van der Waals surface area contributed by atoms with Crippen molar-refractivity contribution in [2.45, 2.75) is 63.2 Å². The maximum absolute atomic E-state index is 3.05. The van der Waals surface area contributed by atoms with Crippen molar-refractivity contribution in [2.75, 3.05) is 18.0 Å². The van der Waals surface area contributed by atoms with Crippen LogP contribution in [-0.4, -0.2) is 13.1 Å². The minimum atomic E-state index is 0.522. The summed E-state index contributed by atoms with van der Waals surface area (Å²) in [6, 6.07) is 7.15. The summed E-state index contributed by atoms with van der Waals surface area (Å²) < 4.78 is 0. The van der Waals surface area contributed by atoms with Crippen LogP contribution in [0.25, 0.3) is 0 Å². The first kappa shape index (κ1) is 14.8. The summed E-state index contributed by atoms with van der Waals surface area (Å²) in [5, 5.41) is 1.44. The number of hydrogen-bond acceptors (Lipinski definition) is 1. The highest BCUT2D eigenvalue weighted by Gasteiger charge is 2.52. The first-order valence-electron chi connectivity index (χ1n) is 9.87. The SMILES string of the molecule is Pc1cccc(C23CC4CC(CC(C4)C2)C3)c1N1CCCCC1. The summed E-state index contributed by atoms with van der Waals surface area (Å²) >= 11 is 0. The molecule has 1 aromatic carbocycles. The molecule has 1 saturated heterocycles. The molecule has 1 aromatic rings. The summed E-state index contributed by atoms with van der Waals surface area (Å²) in [7, 11) is 3.05. The molecule has 6 rings (SSSR count). The van der Waals surface area contributed by atoms with Gasteiger partial charge in [-0.2, -0.15) is 0 Å². The molecule has 1 unspecified atom stereocenters. The number of nitrogens with zero attached hydrogens (tertiary/aromatic N) is 1. The maximum Gasteiger partial charge on any atom is 0.0477 e. The van der Waals surface area contributed by atoms with Gasteiger partial charge in [0, 0.05) is 18.8 Å². The van der Waals surface area contributed by atoms with Gasteiger partial charge in [0.1, 0.15) is 0 Å². The molecule has 4 saturated carbocycles. The highest BCUT2D eigenvalue weighted by atomic mass is 31.0. The van der Waals surface area contributed by atoms with E-state index < -0.39 is 0 Å². The van der Waals surface area contributed by atoms with Gasteiger partial charge in [0.2, 0.25) is 0 Å². The topological polar surface area (TPSA) is 3.24 Å². The zero-order valence-electron chi connectivity index (χ0n) is 14.3. The Morgan fingerprint density at radius 1 is 0.870 bits per heavy atom. The lowest BCUT2D eigenvalue weighted by Gasteiger charge is -2.58. The van der Waals surface area contributed by atoms with Gasteiger partial charge < -0.3 is 4.90 Å². The van der Waals surface area contributed by atoms with Crippen LogP contribution in [0.1, 0.15) is 63.4 Å². The van der Waals surface area contributed by atoms with Gasteiger partial charge in [-0.15, -0.1) is 9.24 Å². The van der Waals surface area contributed by atoms with E-state index in [-0.39, 0.29) is 0 Å². The second-order valence-electron chi connectivity index (χ2n) is 8.99. The number of piperidine rings is 1. The predicted molar refractivity (Wildman–Crippen MR) is 102 cm³/mol. The van der Waals surface area contributed by atoms with Crippen LogP contribution < -0.4 is 10.2 Å². The van der Waals surface area contributed by atoms with Gasteiger partial charge in [-0.25, -0.2) is 0 Å². The number of hydrogen-bond donors (Lipinski definition) is 0. The molecule has 5 fully saturated rings. The van der Waals surface area contributed by atoms with E-state index >= 15 is 0 Å². The fourth-order valence-corrected chi connectivity index (χ4v) is 7.35. The van der Waals surface area contributed by atoms with Crippen LogP contribution in [0, 0.1) is 17.8 Å². The van der Waals surface area contributed by atoms with Gasteiger partial charge in [0.15, 0.2) is 0 Å². The van der Waals surface area contributed by atoms with Crippen LogP contribution in [-0.2, 0) is 5.41 Å². The van der Waals surface area contributed by atoms with E-state index in [2.05, 4.69) is 32.3 Å². The van der Waals surface area contributed by atoms with E-state index in [0.29, 0.717) is 5.41 Å². The molecule has 4 aliphatic carbocycles. The molecule has 124 valence electrons. The highest BCUT2D eigenvalue weighted by molar-refractivity contribution is 7.28. The Morgan fingerprint density at radius 2 is 1.48 bits per heavy atom. The monoisotopic (exact) mass is 327 g/mol. The Bertz CT molecular complexity index is 567. The summed E-state index contributed by atoms with van der Waals surface area (Å²) in [6.45, 7) is 2.54. The van der Waals surface area contributed by atoms with Crippen LogP contribution in [0.3, 0.4) is 0 Å². The van der Waals surface area contributed by atoms with Crippen molar-refractivity contribution in [3.8, 4) is 0 Å². The Kier molecular flexibility index (Phi) is 3.52. The first-order chi connectivity index (χ1) is 11.2. The van der Waals surface area contributed by atoms with Crippen molar-refractivity contribution in [1.29, 1.82) is 0 Å². The maximum atomic E-state index is 3.05. The van der Waals surface area contributed by atoms with Crippen LogP contribution in [0.2, 0.25) is 0 Å². The van der Waals surface area contributed by atoms with Crippen LogP contribution in [0.4, 0.5) is 5.69 Å². The lowest BCUT2D eigenvalue weighted by atomic mass is 9.48. The minimum Gasteiger partial charge on any atom is -0.371 e. The summed E-state index contributed by atoms with van der Waals surface area (Å²) in [6.07, 6.45) is 13.2. The molecular formula is C21H30NP. The van der Waals surface area contributed by atoms with Crippen LogP contribution in [0.15, 0.2) is 18.2 Å². The molecule has 4 bridgehead atoms. The Hall–Kier alpha value is -0.550. The van der Waals surface area contributed by atoms with Crippen molar-refractivity contribution >= 4 is 20.2 Å². The quantitative estimate of drug-likeness (QED) is 0.715. The summed E-state index contributed by atoms with van der Waals surface area (Å²) in [5.74, 6) is 3.09. The Balaban J connectivity index is 1.59. The van der Waals surface area contributed by atoms with Crippen molar-refractivity contribution in [3.05, 3.63) is 23.8 Å². The van der Waals surface area contributed by atoms with Gasteiger partial charge in [-0.05, 0) is 91.8 Å². The predicted octanol–water partition coefficient (Wildman–Crippen LogP) is 4.65. The average molecular weight is 327 g/mol. The third-order valence-corrected chi connectivity index (χ3v) is 7.81. The van der Waals surface area contributed by atoms with E-state index in [1.807, 2.05) is 0 Å². The lowest BCUT2D eigenvalue weighted by molar-refractivity contribution is -0.00495. The fourth-order valence-electron chi connectivity index (χ4n) is 6.90. The van der Waals surface area contributed by atoms with E-state index in [0.717, 1.165) is 17.8 Å². The van der Waals surface area contributed by atoms with E-state index in [9.17, 15) is 0 Å². The molecule has 0 N–H and O–H groups in total. The first-order valence-corrected chi connectivity index (χ1v) is 10.5. The van der Waals surface area contributed by atoms with Gasteiger partial charge >= 0.3 is 0 Å². The van der Waals surface area contributed by atoms with Crippen molar-refractivity contribution in [3.63, 3.8) is 0 Å². The molecule has 0 spiro atoms. The second-order valence-corrected chi connectivity index (χ2v) is 9.61. The Labute approximate surface area is 143 Å². The van der Waals surface area contributed by atoms with Crippen LogP contribution in [0.5, 0.6) is 0 Å². The molecule has 1 aliphatic heterocycles. The summed E-state index contributed by atoms with van der Waals surface area (Å²) in [4.78, 5) is 2.72. The molecule has 2 heteroatoms. The number of rotatable bonds is 2. The third kappa shape index (κ3) is 2.38. The van der Waals surface area contributed by atoms with Gasteiger partial charge in [-0.3, -0.25) is 0 Å². The van der Waals surface area contributed by atoms with E-state index in [1.165, 1.54) is 76.2 Å². The van der Waals surface area contributed by atoms with Gasteiger partial charge in [0.25, 0.3) is 0 Å². The molecule has 5 aliphatic rings. The lowest BCUT2D eigenvalue weighted by Crippen LogP contribution is -2.49. The molecular weight excluding hydrogens is 297 g/mol. The highest BCUT2D eigenvalue weighted by Crippen LogP contribution is 2.61. The van der Waals surface area contributed by atoms with Crippen molar-refractivity contribution < 1.29 is 0 Å². The second kappa shape index (κ2) is 5.48. The number of benzene rings is 1. The molecule has 1 atom stereocenters. The Morgan fingerprint density at radius 3 is 2.09 bits per heavy atom. The van der Waals surface area contributed by atoms with Crippen molar-refractivity contribution in [2.24, 2.45) is 17.8 Å².